The zero-order chi connectivity index (χ0) is 21.5. The van der Waals surface area contributed by atoms with Crippen LogP contribution < -0.4 is 20.3 Å². The van der Waals surface area contributed by atoms with Gasteiger partial charge in [0.1, 0.15) is 11.6 Å². The molecular weight excluding hydrogens is 410 g/mol. The molecule has 0 spiro atoms. The van der Waals surface area contributed by atoms with E-state index >= 15 is 0 Å². The number of rotatable bonds is 7. The molecule has 0 unspecified atom stereocenters. The van der Waals surface area contributed by atoms with Crippen LogP contribution in [0.15, 0.2) is 54.6 Å². The Bertz CT molecular complexity index is 986. The summed E-state index contributed by atoms with van der Waals surface area (Å²) >= 11 is 1.47. The van der Waals surface area contributed by atoms with Crippen molar-refractivity contribution in [2.75, 3.05) is 37.0 Å². The molecule has 0 saturated carbocycles. The number of urea groups is 1. The predicted molar refractivity (Wildman–Crippen MR) is 124 cm³/mol. The first-order valence-electron chi connectivity index (χ1n) is 10.5. The van der Waals surface area contributed by atoms with Crippen molar-refractivity contribution < 1.29 is 9.53 Å². The van der Waals surface area contributed by atoms with E-state index in [2.05, 4.69) is 32.0 Å². The van der Waals surface area contributed by atoms with Gasteiger partial charge in [-0.25, -0.2) is 9.78 Å². The molecule has 0 atom stereocenters. The Morgan fingerprint density at radius 3 is 2.74 bits per heavy atom. The number of hydrogen-bond donors (Lipinski definition) is 2. The van der Waals surface area contributed by atoms with E-state index in [0.29, 0.717) is 23.9 Å². The van der Waals surface area contributed by atoms with Crippen LogP contribution in [0.5, 0.6) is 5.75 Å². The zero-order valence-corrected chi connectivity index (χ0v) is 18.4. The topological polar surface area (TPSA) is 79.4 Å². The summed E-state index contributed by atoms with van der Waals surface area (Å²) in [4.78, 5) is 19.2. The molecule has 8 heteroatoms. The summed E-state index contributed by atoms with van der Waals surface area (Å²) in [6, 6.07) is 17.4. The Hall–Kier alpha value is -3.13. The largest absolute Gasteiger partial charge is 0.497 e. The van der Waals surface area contributed by atoms with Crippen LogP contribution in [0.2, 0.25) is 0 Å². The standard InChI is InChI=1S/C23H27N5O2S/c1-30-20-9-5-8-19(15-20)25-22(29)24-16-18-10-12-28(13-11-18)23-26-21(27-31-23)14-17-6-3-2-4-7-17/h2-9,15,18H,10-14,16H2,1H3,(H2,24,25,29). The lowest BCUT2D eigenvalue weighted by Gasteiger charge is -2.31. The third-order valence-corrected chi connectivity index (χ3v) is 6.24. The normalized spacial score (nSPS) is 14.3. The van der Waals surface area contributed by atoms with Crippen LogP contribution in [0.25, 0.3) is 0 Å². The quantitative estimate of drug-likeness (QED) is 0.580. The number of methoxy groups -OCH3 is 1. The Labute approximate surface area is 186 Å². The minimum Gasteiger partial charge on any atom is -0.497 e. The van der Waals surface area contributed by atoms with Crippen LogP contribution in [-0.4, -0.2) is 42.1 Å². The number of aromatic nitrogens is 2. The maximum absolute atomic E-state index is 12.2. The second kappa shape index (κ2) is 10.3. The van der Waals surface area contributed by atoms with Gasteiger partial charge in [-0.3, -0.25) is 0 Å². The van der Waals surface area contributed by atoms with Crippen molar-refractivity contribution in [1.29, 1.82) is 0 Å². The number of piperidine rings is 1. The first-order chi connectivity index (χ1) is 15.2. The Morgan fingerprint density at radius 1 is 1.16 bits per heavy atom. The molecule has 4 rings (SSSR count). The van der Waals surface area contributed by atoms with Gasteiger partial charge in [0.05, 0.1) is 7.11 Å². The van der Waals surface area contributed by atoms with Crippen LogP contribution in [-0.2, 0) is 6.42 Å². The van der Waals surface area contributed by atoms with Crippen molar-refractivity contribution >= 4 is 28.4 Å². The molecule has 1 aromatic heterocycles. The van der Waals surface area contributed by atoms with E-state index in [4.69, 9.17) is 9.72 Å². The number of nitrogens with one attached hydrogen (secondary N) is 2. The van der Waals surface area contributed by atoms with Gasteiger partial charge in [0.25, 0.3) is 0 Å². The molecular formula is C23H27N5O2S. The third-order valence-electron chi connectivity index (χ3n) is 5.43. The maximum Gasteiger partial charge on any atom is 0.319 e. The lowest BCUT2D eigenvalue weighted by Crippen LogP contribution is -2.39. The van der Waals surface area contributed by atoms with Gasteiger partial charge >= 0.3 is 6.03 Å². The molecule has 162 valence electrons. The van der Waals surface area contributed by atoms with Gasteiger partial charge in [-0.15, -0.1) is 0 Å². The molecule has 31 heavy (non-hydrogen) atoms. The van der Waals surface area contributed by atoms with Crippen LogP contribution in [0.3, 0.4) is 0 Å². The van der Waals surface area contributed by atoms with E-state index in [0.717, 1.165) is 43.3 Å². The monoisotopic (exact) mass is 437 g/mol. The number of benzene rings is 2. The third kappa shape index (κ3) is 5.95. The van der Waals surface area contributed by atoms with Gasteiger partial charge < -0.3 is 20.3 Å². The van der Waals surface area contributed by atoms with Gasteiger partial charge in [0.15, 0.2) is 0 Å². The number of carbonyl (C=O) groups is 1. The van der Waals surface area contributed by atoms with Gasteiger partial charge in [0, 0.05) is 49.3 Å². The summed E-state index contributed by atoms with van der Waals surface area (Å²) < 4.78 is 9.72. The highest BCUT2D eigenvalue weighted by Crippen LogP contribution is 2.25. The van der Waals surface area contributed by atoms with Crippen molar-refractivity contribution in [2.45, 2.75) is 19.3 Å². The van der Waals surface area contributed by atoms with E-state index in [1.165, 1.54) is 17.1 Å². The van der Waals surface area contributed by atoms with E-state index in [-0.39, 0.29) is 6.03 Å². The number of nitrogens with zero attached hydrogens (tertiary/aromatic N) is 3. The molecule has 0 aliphatic carbocycles. The van der Waals surface area contributed by atoms with Crippen molar-refractivity contribution in [3.8, 4) is 5.75 Å². The summed E-state index contributed by atoms with van der Waals surface area (Å²) in [5.74, 6) is 2.06. The SMILES string of the molecule is COc1cccc(NC(=O)NCC2CCN(c3nc(Cc4ccccc4)ns3)CC2)c1. The van der Waals surface area contributed by atoms with Crippen LogP contribution in [0.4, 0.5) is 15.6 Å². The summed E-state index contributed by atoms with van der Waals surface area (Å²) in [6.45, 7) is 2.53. The summed E-state index contributed by atoms with van der Waals surface area (Å²) in [5, 5.41) is 6.84. The fourth-order valence-corrected chi connectivity index (χ4v) is 4.40. The number of anilines is 2. The molecule has 1 saturated heterocycles. The fourth-order valence-electron chi connectivity index (χ4n) is 3.66. The highest BCUT2D eigenvalue weighted by atomic mass is 32.1. The molecule has 2 heterocycles. The molecule has 0 bridgehead atoms. The van der Waals surface area contributed by atoms with Crippen molar-refractivity contribution in [3.05, 3.63) is 66.0 Å². The van der Waals surface area contributed by atoms with Gasteiger partial charge in [-0.2, -0.15) is 4.37 Å². The first kappa shape index (κ1) is 21.1. The van der Waals surface area contributed by atoms with Crippen LogP contribution in [0.1, 0.15) is 24.2 Å². The fraction of sp³-hybridized carbons (Fsp3) is 0.348. The molecule has 1 aliphatic rings. The Balaban J connectivity index is 1.20. The highest BCUT2D eigenvalue weighted by molar-refractivity contribution is 7.09. The minimum atomic E-state index is -0.189. The Kier molecular flexibility index (Phi) is 6.99. The van der Waals surface area contributed by atoms with Gasteiger partial charge in [-0.05, 0) is 36.5 Å². The van der Waals surface area contributed by atoms with Crippen LogP contribution in [0, 0.1) is 5.92 Å². The van der Waals surface area contributed by atoms with Crippen molar-refractivity contribution in [2.24, 2.45) is 5.92 Å². The van der Waals surface area contributed by atoms with Crippen molar-refractivity contribution in [3.63, 3.8) is 0 Å². The van der Waals surface area contributed by atoms with E-state index < -0.39 is 0 Å². The first-order valence-corrected chi connectivity index (χ1v) is 11.3. The minimum absolute atomic E-state index is 0.189. The smallest absolute Gasteiger partial charge is 0.319 e. The average Bonchev–Trinajstić information content (AvgIpc) is 3.27. The summed E-state index contributed by atoms with van der Waals surface area (Å²) in [6.07, 6.45) is 2.81. The van der Waals surface area contributed by atoms with E-state index in [9.17, 15) is 4.79 Å². The lowest BCUT2D eigenvalue weighted by atomic mass is 9.97. The van der Waals surface area contributed by atoms with Gasteiger partial charge in [-0.1, -0.05) is 36.4 Å². The second-order valence-electron chi connectivity index (χ2n) is 7.65. The lowest BCUT2D eigenvalue weighted by molar-refractivity contribution is 0.248. The molecule has 0 radical (unpaired) electrons. The molecule has 1 fully saturated rings. The van der Waals surface area contributed by atoms with Gasteiger partial charge in [0.2, 0.25) is 5.13 Å². The molecule has 7 nitrogen and oxygen atoms in total. The maximum atomic E-state index is 12.2. The predicted octanol–water partition coefficient (Wildman–Crippen LogP) is 4.18. The summed E-state index contributed by atoms with van der Waals surface area (Å²) in [7, 11) is 1.61. The highest BCUT2D eigenvalue weighted by Gasteiger charge is 2.22. The molecule has 1 aliphatic heterocycles. The average molecular weight is 438 g/mol. The van der Waals surface area contributed by atoms with E-state index in [1.54, 1.807) is 13.2 Å². The number of hydrogen-bond acceptors (Lipinski definition) is 6. The number of carbonyl (C=O) groups excluding carboxylic acids is 1. The number of ether oxygens (including phenoxy) is 1. The molecule has 2 N–H and O–H groups in total. The van der Waals surface area contributed by atoms with E-state index in [1.807, 2.05) is 36.4 Å². The zero-order valence-electron chi connectivity index (χ0n) is 17.6. The van der Waals surface area contributed by atoms with Crippen molar-refractivity contribution in [1.82, 2.24) is 14.7 Å². The van der Waals surface area contributed by atoms with Crippen LogP contribution >= 0.6 is 11.5 Å². The summed E-state index contributed by atoms with van der Waals surface area (Å²) in [5.41, 5.74) is 1.94. The number of amides is 2. The second-order valence-corrected chi connectivity index (χ2v) is 8.38. The molecule has 3 aromatic rings. The Morgan fingerprint density at radius 2 is 1.97 bits per heavy atom. The molecule has 2 amide bonds. The molecule has 2 aromatic carbocycles.